The van der Waals surface area contributed by atoms with Crippen molar-refractivity contribution in [3.63, 3.8) is 0 Å². The highest BCUT2D eigenvalue weighted by Crippen LogP contribution is 2.40. The fourth-order valence-electron chi connectivity index (χ4n) is 4.80. The Morgan fingerprint density at radius 3 is 2.87 bits per heavy atom. The van der Waals surface area contributed by atoms with Gasteiger partial charge in [-0.15, -0.1) is 0 Å². The molecule has 2 fully saturated rings. The van der Waals surface area contributed by atoms with Gasteiger partial charge in [0.05, 0.1) is 25.3 Å². The van der Waals surface area contributed by atoms with E-state index in [1.807, 2.05) is 0 Å². The Hall–Kier alpha value is -2.05. The molecule has 6 heteroatoms. The average Bonchev–Trinajstić information content (AvgIpc) is 3.30. The Balaban J connectivity index is 1.34. The molecular weight excluding hydrogens is 378 g/mol. The Labute approximate surface area is 178 Å². The molecule has 1 aromatic carbocycles. The SMILES string of the molecule is COc1cc2c(NCC3CC3)c3c(nc2cc1OCCCN1CCC(O)C1)CCC3. The standard InChI is InChI=1S/C24H33N3O3/c1-29-22-12-19-21(13-23(22)30-11-3-9-27-10-8-17(28)15-27)26-20-5-2-4-18(20)24(19)25-14-16-6-7-16/h12-13,16-17,28H,2-11,14-15H2,1H3,(H,25,26). The van der Waals surface area contributed by atoms with Crippen molar-refractivity contribution in [3.05, 3.63) is 23.4 Å². The largest absolute Gasteiger partial charge is 0.493 e. The number of aliphatic hydroxyl groups excluding tert-OH is 1. The quantitative estimate of drug-likeness (QED) is 0.617. The van der Waals surface area contributed by atoms with Crippen LogP contribution in [-0.4, -0.2) is 61.0 Å². The third-order valence-corrected chi connectivity index (χ3v) is 6.69. The summed E-state index contributed by atoms with van der Waals surface area (Å²) in [5.74, 6) is 2.37. The highest BCUT2D eigenvalue weighted by Gasteiger charge is 2.25. The average molecular weight is 412 g/mol. The second-order valence-electron chi connectivity index (χ2n) is 9.06. The van der Waals surface area contributed by atoms with E-state index < -0.39 is 0 Å². The van der Waals surface area contributed by atoms with Crippen LogP contribution >= 0.6 is 0 Å². The van der Waals surface area contributed by atoms with E-state index in [4.69, 9.17) is 14.5 Å². The first kappa shape index (κ1) is 19.9. The van der Waals surface area contributed by atoms with Gasteiger partial charge in [0.2, 0.25) is 0 Å². The zero-order chi connectivity index (χ0) is 20.5. The van der Waals surface area contributed by atoms with Crippen molar-refractivity contribution in [3.8, 4) is 11.5 Å². The lowest BCUT2D eigenvalue weighted by Gasteiger charge is -2.18. The summed E-state index contributed by atoms with van der Waals surface area (Å²) >= 11 is 0. The van der Waals surface area contributed by atoms with Crippen LogP contribution in [0.1, 0.15) is 43.4 Å². The molecule has 6 nitrogen and oxygen atoms in total. The van der Waals surface area contributed by atoms with Crippen molar-refractivity contribution in [2.24, 2.45) is 5.92 Å². The van der Waals surface area contributed by atoms with Gasteiger partial charge >= 0.3 is 0 Å². The van der Waals surface area contributed by atoms with Crippen molar-refractivity contribution in [2.45, 2.75) is 51.0 Å². The van der Waals surface area contributed by atoms with Crippen molar-refractivity contribution >= 4 is 16.6 Å². The van der Waals surface area contributed by atoms with E-state index in [9.17, 15) is 5.11 Å². The lowest BCUT2D eigenvalue weighted by Crippen LogP contribution is -2.24. The number of β-amino-alcohol motifs (C(OH)–C–C–N with tert-alkyl or cyclic N) is 1. The van der Waals surface area contributed by atoms with Crippen LogP contribution < -0.4 is 14.8 Å². The number of nitrogens with zero attached hydrogens (tertiary/aromatic N) is 2. The van der Waals surface area contributed by atoms with Gasteiger partial charge in [-0.05, 0) is 62.5 Å². The first-order chi connectivity index (χ1) is 14.7. The molecule has 30 heavy (non-hydrogen) atoms. The maximum Gasteiger partial charge on any atom is 0.163 e. The van der Waals surface area contributed by atoms with E-state index in [0.29, 0.717) is 6.61 Å². The summed E-state index contributed by atoms with van der Waals surface area (Å²) in [5.41, 5.74) is 4.89. The van der Waals surface area contributed by atoms with Gasteiger partial charge in [0.1, 0.15) is 0 Å². The normalized spacial score (nSPS) is 21.2. The first-order valence-electron chi connectivity index (χ1n) is 11.5. The summed E-state index contributed by atoms with van der Waals surface area (Å²) < 4.78 is 11.8. The molecule has 2 aromatic rings. The molecule has 2 aliphatic carbocycles. The van der Waals surface area contributed by atoms with E-state index >= 15 is 0 Å². The molecule has 1 aliphatic heterocycles. The number of hydrogen-bond acceptors (Lipinski definition) is 6. The number of aryl methyl sites for hydroxylation is 1. The number of nitrogens with one attached hydrogen (secondary N) is 1. The Kier molecular flexibility index (Phi) is 5.70. The lowest BCUT2D eigenvalue weighted by atomic mass is 10.1. The Morgan fingerprint density at radius 1 is 1.20 bits per heavy atom. The fourth-order valence-corrected chi connectivity index (χ4v) is 4.80. The molecule has 1 aromatic heterocycles. The van der Waals surface area contributed by atoms with Crippen LogP contribution in [-0.2, 0) is 12.8 Å². The first-order valence-corrected chi connectivity index (χ1v) is 11.5. The number of pyridine rings is 1. The predicted octanol–water partition coefficient (Wildman–Crippen LogP) is 3.39. The van der Waals surface area contributed by atoms with Gasteiger partial charge in [0, 0.05) is 49.0 Å². The summed E-state index contributed by atoms with van der Waals surface area (Å²) in [6, 6.07) is 4.15. The number of rotatable bonds is 9. The van der Waals surface area contributed by atoms with Crippen LogP contribution in [0.2, 0.25) is 0 Å². The third kappa shape index (κ3) is 4.21. The van der Waals surface area contributed by atoms with Crippen molar-refractivity contribution < 1.29 is 14.6 Å². The van der Waals surface area contributed by atoms with Crippen LogP contribution in [0.5, 0.6) is 11.5 Å². The molecule has 162 valence electrons. The number of aromatic nitrogens is 1. The number of methoxy groups -OCH3 is 1. The second-order valence-corrected chi connectivity index (χ2v) is 9.06. The minimum Gasteiger partial charge on any atom is -0.493 e. The maximum absolute atomic E-state index is 9.66. The third-order valence-electron chi connectivity index (χ3n) is 6.69. The molecule has 2 N–H and O–H groups in total. The molecule has 5 rings (SSSR count). The number of benzene rings is 1. The molecule has 0 bridgehead atoms. The molecule has 1 saturated carbocycles. The highest BCUT2D eigenvalue weighted by molar-refractivity contribution is 5.96. The van der Waals surface area contributed by atoms with Crippen molar-refractivity contribution in [2.75, 3.05) is 45.2 Å². The van der Waals surface area contributed by atoms with Crippen LogP contribution in [0.15, 0.2) is 12.1 Å². The number of aliphatic hydroxyl groups is 1. The second kappa shape index (κ2) is 8.60. The molecule has 0 amide bonds. The van der Waals surface area contributed by atoms with Crippen molar-refractivity contribution in [1.29, 1.82) is 0 Å². The summed E-state index contributed by atoms with van der Waals surface area (Å²) in [5, 5.41) is 14.6. The van der Waals surface area contributed by atoms with Gasteiger partial charge in [-0.1, -0.05) is 0 Å². The van der Waals surface area contributed by atoms with Crippen molar-refractivity contribution in [1.82, 2.24) is 9.88 Å². The smallest absolute Gasteiger partial charge is 0.163 e. The zero-order valence-electron chi connectivity index (χ0n) is 18.0. The fraction of sp³-hybridized carbons (Fsp3) is 0.625. The number of fused-ring (bicyclic) bond motifs is 2. The molecule has 1 unspecified atom stereocenters. The van der Waals surface area contributed by atoms with E-state index in [1.54, 1.807) is 7.11 Å². The summed E-state index contributed by atoms with van der Waals surface area (Å²) in [7, 11) is 1.71. The zero-order valence-corrected chi connectivity index (χ0v) is 18.0. The molecule has 1 atom stereocenters. The molecular formula is C24H33N3O3. The highest BCUT2D eigenvalue weighted by atomic mass is 16.5. The van der Waals surface area contributed by atoms with E-state index in [0.717, 1.165) is 80.2 Å². The van der Waals surface area contributed by atoms with E-state index in [1.165, 1.54) is 36.2 Å². The molecule has 0 spiro atoms. The summed E-state index contributed by atoms with van der Waals surface area (Å²) in [6.45, 7) is 4.40. The molecule has 2 heterocycles. The monoisotopic (exact) mass is 411 g/mol. The predicted molar refractivity (Wildman–Crippen MR) is 119 cm³/mol. The van der Waals surface area contributed by atoms with Crippen LogP contribution in [0.3, 0.4) is 0 Å². The molecule has 1 saturated heterocycles. The Bertz CT molecular complexity index is 912. The Morgan fingerprint density at radius 2 is 2.10 bits per heavy atom. The lowest BCUT2D eigenvalue weighted by molar-refractivity contribution is 0.172. The van der Waals surface area contributed by atoms with Gasteiger partial charge in [-0.3, -0.25) is 4.98 Å². The number of likely N-dealkylation sites (tertiary alicyclic amines) is 1. The molecule has 0 radical (unpaired) electrons. The van der Waals surface area contributed by atoms with Gasteiger partial charge in [-0.25, -0.2) is 0 Å². The van der Waals surface area contributed by atoms with Gasteiger partial charge < -0.3 is 24.8 Å². The van der Waals surface area contributed by atoms with Gasteiger partial charge in [-0.2, -0.15) is 0 Å². The van der Waals surface area contributed by atoms with E-state index in [2.05, 4.69) is 22.3 Å². The number of hydrogen-bond donors (Lipinski definition) is 2. The van der Waals surface area contributed by atoms with Crippen LogP contribution in [0.4, 0.5) is 5.69 Å². The topological polar surface area (TPSA) is 66.8 Å². The summed E-state index contributed by atoms with van der Waals surface area (Å²) in [4.78, 5) is 7.28. The minimum absolute atomic E-state index is 0.165. The van der Waals surface area contributed by atoms with Gasteiger partial charge in [0.25, 0.3) is 0 Å². The number of anilines is 1. The molecule has 3 aliphatic rings. The maximum atomic E-state index is 9.66. The van der Waals surface area contributed by atoms with E-state index in [-0.39, 0.29) is 6.10 Å². The van der Waals surface area contributed by atoms with Gasteiger partial charge in [0.15, 0.2) is 11.5 Å². The minimum atomic E-state index is -0.165. The number of ether oxygens (including phenoxy) is 2. The summed E-state index contributed by atoms with van der Waals surface area (Å²) in [6.07, 6.45) is 7.69. The van der Waals surface area contributed by atoms with Crippen LogP contribution in [0.25, 0.3) is 10.9 Å². The van der Waals surface area contributed by atoms with Crippen LogP contribution in [0, 0.1) is 5.92 Å².